The topological polar surface area (TPSA) is 86.8 Å². The van der Waals surface area contributed by atoms with Gasteiger partial charge in [0.1, 0.15) is 12.6 Å². The number of benzene rings is 3. The van der Waals surface area contributed by atoms with Gasteiger partial charge in [-0.2, -0.15) is 0 Å². The summed E-state index contributed by atoms with van der Waals surface area (Å²) < 4.78 is 28.9. The Morgan fingerprint density at radius 1 is 0.921 bits per heavy atom. The second-order valence-corrected chi connectivity index (χ2v) is 11.9. The summed E-state index contributed by atoms with van der Waals surface area (Å²) >= 11 is 6.04. The van der Waals surface area contributed by atoms with Gasteiger partial charge < -0.3 is 10.2 Å². The lowest BCUT2D eigenvalue weighted by Gasteiger charge is -2.33. The van der Waals surface area contributed by atoms with Crippen LogP contribution in [0.2, 0.25) is 5.02 Å². The van der Waals surface area contributed by atoms with Crippen LogP contribution in [0.5, 0.6) is 0 Å². The van der Waals surface area contributed by atoms with Crippen LogP contribution in [0.4, 0.5) is 5.69 Å². The summed E-state index contributed by atoms with van der Waals surface area (Å²) in [7, 11) is -4.10. The molecule has 1 unspecified atom stereocenters. The van der Waals surface area contributed by atoms with E-state index in [-0.39, 0.29) is 23.4 Å². The van der Waals surface area contributed by atoms with Gasteiger partial charge in [0.2, 0.25) is 11.8 Å². The minimum Gasteiger partial charge on any atom is -0.352 e. The van der Waals surface area contributed by atoms with Crippen LogP contribution < -0.4 is 9.62 Å². The number of aryl methyl sites for hydroxylation is 2. The number of anilines is 1. The van der Waals surface area contributed by atoms with Crippen molar-refractivity contribution >= 4 is 39.1 Å². The van der Waals surface area contributed by atoms with Crippen LogP contribution in [-0.2, 0) is 26.2 Å². The van der Waals surface area contributed by atoms with Gasteiger partial charge in [0.05, 0.1) is 10.6 Å². The molecule has 2 amide bonds. The van der Waals surface area contributed by atoms with Crippen molar-refractivity contribution in [3.05, 3.63) is 94.5 Å². The number of halogens is 1. The van der Waals surface area contributed by atoms with E-state index in [1.807, 2.05) is 32.9 Å². The maximum Gasteiger partial charge on any atom is 0.264 e. The molecular formula is C29H34ClN3O4S. The van der Waals surface area contributed by atoms with E-state index in [0.29, 0.717) is 16.3 Å². The van der Waals surface area contributed by atoms with Gasteiger partial charge in [-0.1, -0.05) is 54.1 Å². The van der Waals surface area contributed by atoms with Gasteiger partial charge in [0.25, 0.3) is 10.0 Å². The van der Waals surface area contributed by atoms with Crippen molar-refractivity contribution < 1.29 is 18.0 Å². The molecule has 0 bridgehead atoms. The monoisotopic (exact) mass is 555 g/mol. The zero-order chi connectivity index (χ0) is 28.0. The third-order valence-corrected chi connectivity index (χ3v) is 8.13. The first-order valence-corrected chi connectivity index (χ1v) is 14.2. The van der Waals surface area contributed by atoms with Crippen molar-refractivity contribution in [3.8, 4) is 0 Å². The Bertz CT molecular complexity index is 1380. The lowest BCUT2D eigenvalue weighted by Crippen LogP contribution is -2.52. The molecule has 0 saturated carbocycles. The minimum atomic E-state index is -4.10. The molecule has 7 nitrogen and oxygen atoms in total. The van der Waals surface area contributed by atoms with Crippen molar-refractivity contribution in [1.82, 2.24) is 10.2 Å². The number of sulfonamides is 1. The van der Waals surface area contributed by atoms with E-state index in [0.717, 1.165) is 15.4 Å². The van der Waals surface area contributed by atoms with E-state index in [9.17, 15) is 18.0 Å². The lowest BCUT2D eigenvalue weighted by molar-refractivity contribution is -0.139. The van der Waals surface area contributed by atoms with Crippen LogP contribution in [0.1, 0.15) is 37.5 Å². The molecular weight excluding hydrogens is 522 g/mol. The molecule has 0 radical (unpaired) electrons. The van der Waals surface area contributed by atoms with Crippen LogP contribution in [0.25, 0.3) is 0 Å². The number of carbonyl (C=O) groups is 2. The molecule has 38 heavy (non-hydrogen) atoms. The highest BCUT2D eigenvalue weighted by atomic mass is 35.5. The summed E-state index contributed by atoms with van der Waals surface area (Å²) in [6.45, 7) is 8.61. The molecule has 0 heterocycles. The number of rotatable bonds is 10. The van der Waals surface area contributed by atoms with Crippen molar-refractivity contribution in [2.75, 3.05) is 10.8 Å². The predicted molar refractivity (Wildman–Crippen MR) is 152 cm³/mol. The Morgan fingerprint density at radius 2 is 1.55 bits per heavy atom. The normalized spacial score (nSPS) is 12.2. The molecule has 0 aliphatic rings. The number of hydrogen-bond acceptors (Lipinski definition) is 4. The molecule has 0 saturated heterocycles. The van der Waals surface area contributed by atoms with Gasteiger partial charge in [0.15, 0.2) is 0 Å². The average molecular weight is 556 g/mol. The second-order valence-electron chi connectivity index (χ2n) is 9.60. The fourth-order valence-electron chi connectivity index (χ4n) is 4.00. The maximum absolute atomic E-state index is 13.9. The summed E-state index contributed by atoms with van der Waals surface area (Å²) in [5.41, 5.74) is 2.73. The summed E-state index contributed by atoms with van der Waals surface area (Å²) in [6, 6.07) is 19.5. The number of nitrogens with zero attached hydrogens (tertiary/aromatic N) is 2. The quantitative estimate of drug-likeness (QED) is 0.377. The maximum atomic E-state index is 13.9. The van der Waals surface area contributed by atoms with Crippen molar-refractivity contribution in [2.45, 2.75) is 58.1 Å². The Labute approximate surface area is 230 Å². The summed E-state index contributed by atoms with van der Waals surface area (Å²) in [6.07, 6.45) is 0. The predicted octanol–water partition coefficient (Wildman–Crippen LogP) is 5.09. The first-order chi connectivity index (χ1) is 17.9. The summed E-state index contributed by atoms with van der Waals surface area (Å²) in [4.78, 5) is 28.4. The summed E-state index contributed by atoms with van der Waals surface area (Å²) in [5.74, 6) is -0.835. The van der Waals surface area contributed by atoms with E-state index in [4.69, 9.17) is 11.6 Å². The number of carbonyl (C=O) groups excluding carboxylic acids is 2. The van der Waals surface area contributed by atoms with E-state index < -0.39 is 28.5 Å². The van der Waals surface area contributed by atoms with E-state index in [1.54, 1.807) is 62.4 Å². The largest absolute Gasteiger partial charge is 0.352 e. The molecule has 0 spiro atoms. The Balaban J connectivity index is 2.06. The molecule has 3 rings (SSSR count). The van der Waals surface area contributed by atoms with Crippen LogP contribution in [-0.4, -0.2) is 43.8 Å². The first kappa shape index (κ1) is 29.2. The SMILES string of the molecule is Cc1ccc(C)c(N(CC(=O)N(Cc2ccc(Cl)cc2)C(C)C(=O)NC(C)C)S(=O)(=O)c2ccccc2)c1. The summed E-state index contributed by atoms with van der Waals surface area (Å²) in [5, 5.41) is 3.39. The van der Waals surface area contributed by atoms with E-state index in [2.05, 4.69) is 5.32 Å². The second kappa shape index (κ2) is 12.5. The standard InChI is InChI=1S/C29H34ClN3O4S/c1-20(2)31-29(35)23(5)32(18-24-13-15-25(30)16-14-24)28(34)19-33(27-17-21(3)11-12-22(27)4)38(36,37)26-9-7-6-8-10-26/h6-17,20,23H,18-19H2,1-5H3,(H,31,35). The third-order valence-electron chi connectivity index (χ3n) is 6.11. The lowest BCUT2D eigenvalue weighted by atomic mass is 10.1. The van der Waals surface area contributed by atoms with Gasteiger partial charge in [-0.05, 0) is 81.6 Å². The molecule has 202 valence electrons. The molecule has 9 heteroatoms. The van der Waals surface area contributed by atoms with Gasteiger partial charge in [0, 0.05) is 17.6 Å². The highest BCUT2D eigenvalue weighted by Crippen LogP contribution is 2.28. The van der Waals surface area contributed by atoms with Crippen molar-refractivity contribution in [3.63, 3.8) is 0 Å². The number of nitrogens with one attached hydrogen (secondary N) is 1. The van der Waals surface area contributed by atoms with E-state index in [1.165, 1.54) is 17.0 Å². The Kier molecular flexibility index (Phi) is 9.57. The molecule has 3 aromatic carbocycles. The highest BCUT2D eigenvalue weighted by Gasteiger charge is 2.33. The molecule has 0 aromatic heterocycles. The van der Waals surface area contributed by atoms with Crippen LogP contribution in [0.15, 0.2) is 77.7 Å². The van der Waals surface area contributed by atoms with Crippen LogP contribution in [0, 0.1) is 13.8 Å². The van der Waals surface area contributed by atoms with Crippen molar-refractivity contribution in [2.24, 2.45) is 0 Å². The van der Waals surface area contributed by atoms with Crippen molar-refractivity contribution in [1.29, 1.82) is 0 Å². The third kappa shape index (κ3) is 7.14. The fourth-order valence-corrected chi connectivity index (χ4v) is 5.61. The number of hydrogen-bond donors (Lipinski definition) is 1. The van der Waals surface area contributed by atoms with E-state index >= 15 is 0 Å². The highest BCUT2D eigenvalue weighted by molar-refractivity contribution is 7.92. The minimum absolute atomic E-state index is 0.0727. The van der Waals surface area contributed by atoms with Crippen LogP contribution >= 0.6 is 11.6 Å². The molecule has 1 N–H and O–H groups in total. The first-order valence-electron chi connectivity index (χ1n) is 12.4. The zero-order valence-electron chi connectivity index (χ0n) is 22.3. The zero-order valence-corrected chi connectivity index (χ0v) is 23.9. The van der Waals surface area contributed by atoms with Gasteiger partial charge in [-0.15, -0.1) is 0 Å². The molecule has 1 atom stereocenters. The molecule has 3 aromatic rings. The smallest absolute Gasteiger partial charge is 0.264 e. The van der Waals surface area contributed by atoms with Gasteiger partial charge in [-0.25, -0.2) is 8.42 Å². The van der Waals surface area contributed by atoms with Gasteiger partial charge in [-0.3, -0.25) is 13.9 Å². The average Bonchev–Trinajstić information content (AvgIpc) is 2.88. The molecule has 0 fully saturated rings. The van der Waals surface area contributed by atoms with Gasteiger partial charge >= 0.3 is 0 Å². The number of amides is 2. The fraction of sp³-hybridized carbons (Fsp3) is 0.310. The molecule has 0 aliphatic heterocycles. The van der Waals surface area contributed by atoms with Crippen LogP contribution in [0.3, 0.4) is 0 Å². The Morgan fingerprint density at radius 3 is 2.16 bits per heavy atom. The molecule has 0 aliphatic carbocycles. The Hall–Kier alpha value is -3.36.